The number of hydrogen-bond donors (Lipinski definition) is 1. The van der Waals surface area contributed by atoms with E-state index in [4.69, 9.17) is 23.2 Å². The van der Waals surface area contributed by atoms with Crippen molar-refractivity contribution < 1.29 is 9.63 Å². The minimum atomic E-state index is -0.721. The third-order valence-corrected chi connectivity index (χ3v) is 3.64. The lowest BCUT2D eigenvalue weighted by Crippen LogP contribution is -2.10. The molecule has 0 aromatic heterocycles. The van der Waals surface area contributed by atoms with Crippen molar-refractivity contribution in [3.63, 3.8) is 0 Å². The van der Waals surface area contributed by atoms with Crippen LogP contribution in [-0.4, -0.2) is 12.3 Å². The smallest absolute Gasteiger partial charge is 0.298 e. The predicted octanol–water partition coefficient (Wildman–Crippen LogP) is 5.34. The molecule has 2 aromatic rings. The summed E-state index contributed by atoms with van der Waals surface area (Å²) < 4.78 is 0.956. The molecule has 108 valence electrons. The topological polar surface area (TPSA) is 50.7 Å². The summed E-state index contributed by atoms with van der Waals surface area (Å²) in [4.78, 5) is 16.2. The number of anilines is 1. The fourth-order valence-electron chi connectivity index (χ4n) is 1.40. The van der Waals surface area contributed by atoms with E-state index in [2.05, 4.69) is 31.2 Å². The lowest BCUT2D eigenvalue weighted by Gasteiger charge is -2.03. The zero-order valence-electron chi connectivity index (χ0n) is 10.5. The van der Waals surface area contributed by atoms with E-state index in [9.17, 15) is 4.79 Å². The van der Waals surface area contributed by atoms with E-state index in [0.717, 1.165) is 10.0 Å². The average Bonchev–Trinajstić information content (AvgIpc) is 2.45. The van der Waals surface area contributed by atoms with Crippen molar-refractivity contribution in [1.82, 2.24) is 0 Å². The monoisotopic (exact) mass is 386 g/mol. The van der Waals surface area contributed by atoms with Crippen LogP contribution in [0, 0.1) is 0 Å². The molecule has 0 aliphatic rings. The highest BCUT2D eigenvalue weighted by atomic mass is 79.9. The van der Waals surface area contributed by atoms with E-state index in [1.807, 2.05) is 24.3 Å². The van der Waals surface area contributed by atoms with Crippen molar-refractivity contribution in [3.05, 3.63) is 62.5 Å². The van der Waals surface area contributed by atoms with Gasteiger partial charge in [0.25, 0.3) is 0 Å². The molecule has 0 spiro atoms. The van der Waals surface area contributed by atoms with Crippen molar-refractivity contribution in [1.29, 1.82) is 0 Å². The van der Waals surface area contributed by atoms with E-state index >= 15 is 0 Å². The van der Waals surface area contributed by atoms with Gasteiger partial charge in [0.1, 0.15) is 0 Å². The molecule has 0 saturated heterocycles. The second-order valence-electron chi connectivity index (χ2n) is 3.92. The zero-order valence-corrected chi connectivity index (χ0v) is 13.6. The van der Waals surface area contributed by atoms with E-state index in [0.29, 0.717) is 15.7 Å². The van der Waals surface area contributed by atoms with Crippen LogP contribution in [0.5, 0.6) is 0 Å². The van der Waals surface area contributed by atoms with Crippen molar-refractivity contribution in [3.8, 4) is 0 Å². The minimum absolute atomic E-state index is 0.341. The molecule has 0 unspecified atom stereocenters. The van der Waals surface area contributed by atoms with E-state index < -0.39 is 6.09 Å². The summed E-state index contributed by atoms with van der Waals surface area (Å²) in [6.45, 7) is 0. The largest absolute Gasteiger partial charge is 0.437 e. The number of amides is 1. The lowest BCUT2D eigenvalue weighted by molar-refractivity contribution is 0.167. The SMILES string of the molecule is O=C(Nc1ccc(Cl)c(Cl)c1)O/N=C\c1ccc(Br)cc1. The Balaban J connectivity index is 1.89. The maximum atomic E-state index is 11.5. The number of nitrogens with one attached hydrogen (secondary N) is 1. The normalized spacial score (nSPS) is 10.6. The van der Waals surface area contributed by atoms with Gasteiger partial charge in [0.15, 0.2) is 0 Å². The summed E-state index contributed by atoms with van der Waals surface area (Å²) in [5.74, 6) is 0. The van der Waals surface area contributed by atoms with Gasteiger partial charge in [-0.15, -0.1) is 0 Å². The highest BCUT2D eigenvalue weighted by Gasteiger charge is 2.04. The van der Waals surface area contributed by atoms with Crippen molar-refractivity contribution in [2.45, 2.75) is 0 Å². The Bertz CT molecular complexity index is 675. The molecular weight excluding hydrogens is 379 g/mol. The maximum absolute atomic E-state index is 11.5. The van der Waals surface area contributed by atoms with Crippen LogP contribution in [-0.2, 0) is 4.84 Å². The molecule has 0 aliphatic heterocycles. The number of halogens is 3. The van der Waals surface area contributed by atoms with Gasteiger partial charge in [-0.25, -0.2) is 4.79 Å². The van der Waals surface area contributed by atoms with Gasteiger partial charge in [-0.2, -0.15) is 0 Å². The first kappa shape index (κ1) is 15.8. The predicted molar refractivity (Wildman–Crippen MR) is 88.3 cm³/mol. The molecule has 1 N–H and O–H groups in total. The molecule has 0 heterocycles. The molecule has 0 aliphatic carbocycles. The van der Waals surface area contributed by atoms with Crippen molar-refractivity contribution in [2.75, 3.05) is 5.32 Å². The van der Waals surface area contributed by atoms with Crippen LogP contribution < -0.4 is 5.32 Å². The molecule has 2 aromatic carbocycles. The summed E-state index contributed by atoms with van der Waals surface area (Å²) >= 11 is 14.9. The van der Waals surface area contributed by atoms with Crippen LogP contribution in [0.1, 0.15) is 5.56 Å². The van der Waals surface area contributed by atoms with E-state index in [1.54, 1.807) is 12.1 Å². The zero-order chi connectivity index (χ0) is 15.2. The maximum Gasteiger partial charge on any atom is 0.437 e. The second kappa shape index (κ2) is 7.45. The van der Waals surface area contributed by atoms with Crippen LogP contribution in [0.4, 0.5) is 10.5 Å². The second-order valence-corrected chi connectivity index (χ2v) is 5.65. The number of carbonyl (C=O) groups is 1. The number of benzene rings is 2. The standard InChI is InChI=1S/C14H9BrCl2N2O2/c15-10-3-1-9(2-4-10)8-18-21-14(20)19-11-5-6-12(16)13(17)7-11/h1-8H,(H,19,20)/b18-8-. The highest BCUT2D eigenvalue weighted by molar-refractivity contribution is 9.10. The Labute approximate surface area is 139 Å². The van der Waals surface area contributed by atoms with Crippen molar-refractivity contribution >= 4 is 57.1 Å². The first-order valence-corrected chi connectivity index (χ1v) is 7.31. The highest BCUT2D eigenvalue weighted by Crippen LogP contribution is 2.25. The summed E-state index contributed by atoms with van der Waals surface area (Å²) in [5, 5.41) is 6.82. The third kappa shape index (κ3) is 5.04. The summed E-state index contributed by atoms with van der Waals surface area (Å²) in [7, 11) is 0. The summed E-state index contributed by atoms with van der Waals surface area (Å²) in [6.07, 6.45) is 0.711. The Morgan fingerprint density at radius 1 is 1.14 bits per heavy atom. The van der Waals surface area contributed by atoms with Crippen LogP contribution >= 0.6 is 39.1 Å². The van der Waals surface area contributed by atoms with Gasteiger partial charge in [-0.05, 0) is 35.9 Å². The molecule has 21 heavy (non-hydrogen) atoms. The molecule has 0 atom stereocenters. The Hall–Kier alpha value is -1.56. The number of nitrogens with zero attached hydrogens (tertiary/aromatic N) is 1. The fourth-order valence-corrected chi connectivity index (χ4v) is 1.96. The molecule has 0 bridgehead atoms. The molecule has 4 nitrogen and oxygen atoms in total. The van der Waals surface area contributed by atoms with Gasteiger partial charge in [0.2, 0.25) is 0 Å². The lowest BCUT2D eigenvalue weighted by atomic mass is 10.2. The summed E-state index contributed by atoms with van der Waals surface area (Å²) in [5.41, 5.74) is 1.27. The Morgan fingerprint density at radius 3 is 2.52 bits per heavy atom. The van der Waals surface area contributed by atoms with Gasteiger partial charge in [-0.3, -0.25) is 10.2 Å². The molecule has 0 radical (unpaired) electrons. The van der Waals surface area contributed by atoms with Crippen LogP contribution in [0.25, 0.3) is 0 Å². The molecule has 0 saturated carbocycles. The molecule has 7 heteroatoms. The minimum Gasteiger partial charge on any atom is -0.298 e. The first-order chi connectivity index (χ1) is 10.0. The Morgan fingerprint density at radius 2 is 1.86 bits per heavy atom. The van der Waals surface area contributed by atoms with Gasteiger partial charge in [0.05, 0.1) is 16.3 Å². The fraction of sp³-hybridized carbons (Fsp3) is 0. The van der Waals surface area contributed by atoms with Gasteiger partial charge in [0, 0.05) is 10.2 Å². The van der Waals surface area contributed by atoms with Crippen molar-refractivity contribution in [2.24, 2.45) is 5.16 Å². The van der Waals surface area contributed by atoms with Crippen LogP contribution in [0.15, 0.2) is 52.1 Å². The van der Waals surface area contributed by atoms with Crippen LogP contribution in [0.2, 0.25) is 10.0 Å². The van der Waals surface area contributed by atoms with Gasteiger partial charge >= 0.3 is 6.09 Å². The van der Waals surface area contributed by atoms with Crippen LogP contribution in [0.3, 0.4) is 0 Å². The van der Waals surface area contributed by atoms with E-state index in [-0.39, 0.29) is 0 Å². The van der Waals surface area contributed by atoms with Gasteiger partial charge in [-0.1, -0.05) is 56.4 Å². The molecular formula is C14H9BrCl2N2O2. The number of oxime groups is 1. The first-order valence-electron chi connectivity index (χ1n) is 5.76. The summed E-state index contributed by atoms with van der Waals surface area (Å²) in [6, 6.07) is 12.1. The van der Waals surface area contributed by atoms with Gasteiger partial charge < -0.3 is 0 Å². The molecule has 1 amide bonds. The third-order valence-electron chi connectivity index (χ3n) is 2.37. The van der Waals surface area contributed by atoms with E-state index in [1.165, 1.54) is 12.3 Å². The number of carbonyl (C=O) groups excluding carboxylic acids is 1. The Kier molecular flexibility index (Phi) is 5.61. The molecule has 2 rings (SSSR count). The number of hydrogen-bond acceptors (Lipinski definition) is 3. The quantitative estimate of drug-likeness (QED) is 0.439. The average molecular weight is 388 g/mol. The molecule has 0 fully saturated rings. The number of rotatable bonds is 3.